The Labute approximate surface area is 200 Å². The van der Waals surface area contributed by atoms with E-state index < -0.39 is 11.8 Å². The number of halogens is 1. The highest BCUT2D eigenvalue weighted by molar-refractivity contribution is 9.10. The van der Waals surface area contributed by atoms with E-state index in [-0.39, 0.29) is 11.7 Å². The smallest absolute Gasteiger partial charge is 0.276 e. The van der Waals surface area contributed by atoms with Crippen LogP contribution in [0, 0.1) is 0 Å². The number of methoxy groups -OCH3 is 2. The summed E-state index contributed by atoms with van der Waals surface area (Å²) in [6.07, 6.45) is 3.79. The van der Waals surface area contributed by atoms with Crippen molar-refractivity contribution in [3.63, 3.8) is 0 Å². The van der Waals surface area contributed by atoms with Gasteiger partial charge in [0.1, 0.15) is 5.75 Å². The standard InChI is InChI=1S/C22H24BrN3O5S/c1-4-14-5-8-17(16(23)11-14)31-13-21(28)25-26-22(32)24-20(27)10-7-15-6-9-18(29-2)19(12-15)30-3/h5-12H,4,13H2,1-3H3,(H,25,28)(H2,24,26,27,32). The number of aryl methyl sites for hydroxylation is 1. The van der Waals surface area contributed by atoms with Gasteiger partial charge in [-0.15, -0.1) is 0 Å². The summed E-state index contributed by atoms with van der Waals surface area (Å²) in [4.78, 5) is 24.0. The van der Waals surface area contributed by atoms with Gasteiger partial charge in [-0.3, -0.25) is 25.8 Å². The van der Waals surface area contributed by atoms with E-state index in [4.69, 9.17) is 26.4 Å². The summed E-state index contributed by atoms with van der Waals surface area (Å²) in [7, 11) is 3.07. The predicted octanol–water partition coefficient (Wildman–Crippen LogP) is 3.14. The van der Waals surface area contributed by atoms with Crippen molar-refractivity contribution in [3.05, 3.63) is 58.1 Å². The molecule has 2 rings (SSSR count). The first-order valence-electron chi connectivity index (χ1n) is 9.57. The first kappa shape index (κ1) is 25.2. The van der Waals surface area contributed by atoms with Gasteiger partial charge in [0, 0.05) is 6.08 Å². The van der Waals surface area contributed by atoms with Gasteiger partial charge in [0.2, 0.25) is 5.91 Å². The number of amides is 2. The zero-order chi connectivity index (χ0) is 23.5. The molecule has 0 fully saturated rings. The molecule has 0 spiro atoms. The summed E-state index contributed by atoms with van der Waals surface area (Å²) < 4.78 is 16.6. The maximum absolute atomic E-state index is 12.0. The number of benzene rings is 2. The molecule has 32 heavy (non-hydrogen) atoms. The normalized spacial score (nSPS) is 10.4. The highest BCUT2D eigenvalue weighted by Crippen LogP contribution is 2.28. The molecule has 0 radical (unpaired) electrons. The van der Waals surface area contributed by atoms with Gasteiger partial charge < -0.3 is 14.2 Å². The highest BCUT2D eigenvalue weighted by Gasteiger charge is 2.08. The Morgan fingerprint density at radius 2 is 1.75 bits per heavy atom. The van der Waals surface area contributed by atoms with Crippen LogP contribution in [0.25, 0.3) is 6.08 Å². The molecule has 0 unspecified atom stereocenters. The summed E-state index contributed by atoms with van der Waals surface area (Å²) in [6.45, 7) is 1.82. The van der Waals surface area contributed by atoms with Gasteiger partial charge in [0.25, 0.3) is 5.91 Å². The Kier molecular flexibility index (Phi) is 9.96. The molecular formula is C22H24BrN3O5S. The lowest BCUT2D eigenvalue weighted by Crippen LogP contribution is -2.49. The average Bonchev–Trinajstić information content (AvgIpc) is 2.80. The van der Waals surface area contributed by atoms with Crippen LogP contribution in [0.1, 0.15) is 18.1 Å². The Morgan fingerprint density at radius 3 is 2.41 bits per heavy atom. The second-order valence-electron chi connectivity index (χ2n) is 6.35. The van der Waals surface area contributed by atoms with Crippen LogP contribution in [-0.2, 0) is 16.0 Å². The lowest BCUT2D eigenvalue weighted by atomic mass is 10.2. The second kappa shape index (κ2) is 12.7. The molecule has 0 aliphatic rings. The van der Waals surface area contributed by atoms with Crippen molar-refractivity contribution >= 4 is 51.2 Å². The van der Waals surface area contributed by atoms with Crippen LogP contribution in [0.2, 0.25) is 0 Å². The zero-order valence-corrected chi connectivity index (χ0v) is 20.3. The van der Waals surface area contributed by atoms with Crippen molar-refractivity contribution in [1.29, 1.82) is 0 Å². The Hall–Kier alpha value is -3.11. The van der Waals surface area contributed by atoms with Crippen LogP contribution in [-0.4, -0.2) is 37.8 Å². The van der Waals surface area contributed by atoms with E-state index in [1.54, 1.807) is 37.5 Å². The van der Waals surface area contributed by atoms with Gasteiger partial charge in [-0.2, -0.15) is 0 Å². The van der Waals surface area contributed by atoms with Crippen molar-refractivity contribution in [1.82, 2.24) is 16.2 Å². The monoisotopic (exact) mass is 521 g/mol. The number of nitrogens with one attached hydrogen (secondary N) is 3. The van der Waals surface area contributed by atoms with Crippen LogP contribution >= 0.6 is 28.1 Å². The van der Waals surface area contributed by atoms with E-state index in [9.17, 15) is 9.59 Å². The fraction of sp³-hybridized carbons (Fsp3) is 0.227. The fourth-order valence-corrected chi connectivity index (χ4v) is 3.19. The molecule has 0 saturated carbocycles. The lowest BCUT2D eigenvalue weighted by molar-refractivity contribution is -0.123. The van der Waals surface area contributed by atoms with Crippen LogP contribution in [0.3, 0.4) is 0 Å². The molecule has 170 valence electrons. The van der Waals surface area contributed by atoms with Crippen molar-refractivity contribution in [2.24, 2.45) is 0 Å². The van der Waals surface area contributed by atoms with Crippen LogP contribution in [0.4, 0.5) is 0 Å². The summed E-state index contributed by atoms with van der Waals surface area (Å²) in [5, 5.41) is 2.37. The van der Waals surface area contributed by atoms with E-state index in [1.165, 1.54) is 13.2 Å². The molecule has 3 N–H and O–H groups in total. The number of ether oxygens (including phenoxy) is 3. The fourth-order valence-electron chi connectivity index (χ4n) is 2.50. The summed E-state index contributed by atoms with van der Waals surface area (Å²) in [5.41, 5.74) is 6.70. The molecule has 0 aromatic heterocycles. The minimum Gasteiger partial charge on any atom is -0.493 e. The van der Waals surface area contributed by atoms with Gasteiger partial charge in [-0.05, 0) is 76.0 Å². The lowest BCUT2D eigenvalue weighted by Gasteiger charge is -2.12. The van der Waals surface area contributed by atoms with Crippen LogP contribution < -0.4 is 30.4 Å². The molecular weight excluding hydrogens is 498 g/mol. The van der Waals surface area contributed by atoms with Crippen molar-refractivity contribution in [2.75, 3.05) is 20.8 Å². The number of thiocarbonyl (C=S) groups is 1. The first-order valence-corrected chi connectivity index (χ1v) is 10.8. The summed E-state index contributed by atoms with van der Waals surface area (Å²) in [6, 6.07) is 10.9. The average molecular weight is 522 g/mol. The molecule has 2 amide bonds. The highest BCUT2D eigenvalue weighted by atomic mass is 79.9. The van der Waals surface area contributed by atoms with Gasteiger partial charge in [-0.25, -0.2) is 0 Å². The Bertz CT molecular complexity index is 1010. The van der Waals surface area contributed by atoms with Gasteiger partial charge in [0.15, 0.2) is 23.2 Å². The minimum absolute atomic E-state index is 0.0613. The van der Waals surface area contributed by atoms with Gasteiger partial charge in [-0.1, -0.05) is 19.1 Å². The third-order valence-corrected chi connectivity index (χ3v) is 4.97. The zero-order valence-electron chi connectivity index (χ0n) is 17.9. The molecule has 2 aromatic rings. The van der Waals surface area contributed by atoms with E-state index in [1.807, 2.05) is 12.1 Å². The summed E-state index contributed by atoms with van der Waals surface area (Å²) in [5.74, 6) is 0.750. The second-order valence-corrected chi connectivity index (χ2v) is 7.61. The number of rotatable bonds is 8. The molecule has 0 aliphatic carbocycles. The van der Waals surface area contributed by atoms with Crippen LogP contribution in [0.15, 0.2) is 46.9 Å². The maximum atomic E-state index is 12.0. The molecule has 0 heterocycles. The molecule has 0 atom stereocenters. The number of carbonyl (C=O) groups is 2. The first-order chi connectivity index (χ1) is 15.4. The van der Waals surface area contributed by atoms with Crippen molar-refractivity contribution in [2.45, 2.75) is 13.3 Å². The molecule has 0 aliphatic heterocycles. The molecule has 0 bridgehead atoms. The van der Waals surface area contributed by atoms with E-state index in [0.29, 0.717) is 17.2 Å². The summed E-state index contributed by atoms with van der Waals surface area (Å²) >= 11 is 8.42. The SMILES string of the molecule is CCc1ccc(OCC(=O)NNC(=S)NC(=O)C=Cc2ccc(OC)c(OC)c2)c(Br)c1. The predicted molar refractivity (Wildman–Crippen MR) is 130 cm³/mol. The van der Waals surface area contributed by atoms with Crippen molar-refractivity contribution < 1.29 is 23.8 Å². The van der Waals surface area contributed by atoms with E-state index in [2.05, 4.69) is 39.0 Å². The number of hydrazine groups is 1. The third kappa shape index (κ3) is 7.86. The molecule has 8 nitrogen and oxygen atoms in total. The van der Waals surface area contributed by atoms with E-state index >= 15 is 0 Å². The quantitative estimate of drug-likeness (QED) is 0.279. The maximum Gasteiger partial charge on any atom is 0.276 e. The number of hydrogen-bond acceptors (Lipinski definition) is 6. The molecule has 0 saturated heterocycles. The van der Waals surface area contributed by atoms with Gasteiger partial charge in [0.05, 0.1) is 18.7 Å². The van der Waals surface area contributed by atoms with Crippen LogP contribution in [0.5, 0.6) is 17.2 Å². The Balaban J connectivity index is 1.76. The third-order valence-electron chi connectivity index (χ3n) is 4.15. The van der Waals surface area contributed by atoms with Crippen molar-refractivity contribution in [3.8, 4) is 17.2 Å². The number of hydrogen-bond donors (Lipinski definition) is 3. The minimum atomic E-state index is -0.470. The largest absolute Gasteiger partial charge is 0.493 e. The molecule has 10 heteroatoms. The van der Waals surface area contributed by atoms with E-state index in [0.717, 1.165) is 22.0 Å². The molecule has 2 aromatic carbocycles. The number of carbonyl (C=O) groups excluding carboxylic acids is 2. The Morgan fingerprint density at radius 1 is 1.03 bits per heavy atom. The topological polar surface area (TPSA) is 97.9 Å². The van der Waals surface area contributed by atoms with Gasteiger partial charge >= 0.3 is 0 Å².